The lowest BCUT2D eigenvalue weighted by molar-refractivity contribution is 0.167. The van der Waals surface area contributed by atoms with Crippen molar-refractivity contribution in [3.8, 4) is 0 Å². The minimum absolute atomic E-state index is 0.0483. The summed E-state index contributed by atoms with van der Waals surface area (Å²) in [5, 5.41) is 2.98. The topological polar surface area (TPSA) is 63.5 Å². The summed E-state index contributed by atoms with van der Waals surface area (Å²) in [5.41, 5.74) is 0.827. The highest BCUT2D eigenvalue weighted by Crippen LogP contribution is 2.20. The Morgan fingerprint density at radius 2 is 1.93 bits per heavy atom. The van der Waals surface area contributed by atoms with E-state index in [0.717, 1.165) is 37.0 Å². The molecule has 142 valence electrons. The predicted octanol–water partition coefficient (Wildman–Crippen LogP) is 2.54. The summed E-state index contributed by atoms with van der Waals surface area (Å²) in [7, 11) is 0. The van der Waals surface area contributed by atoms with E-state index in [1.807, 2.05) is 47.8 Å². The van der Waals surface area contributed by atoms with Crippen LogP contribution in [0, 0.1) is 0 Å². The number of rotatable bonds is 3. The average molecular weight is 385 g/mol. The molecule has 1 saturated heterocycles. The van der Waals surface area contributed by atoms with Crippen molar-refractivity contribution in [3.63, 3.8) is 0 Å². The fraction of sp³-hybridized carbons (Fsp3) is 0.421. The maximum absolute atomic E-state index is 12.5. The highest BCUT2D eigenvalue weighted by atomic mass is 32.2. The molecule has 1 fully saturated rings. The van der Waals surface area contributed by atoms with E-state index >= 15 is 0 Å². The van der Waals surface area contributed by atoms with Gasteiger partial charge in [0.2, 0.25) is 0 Å². The van der Waals surface area contributed by atoms with E-state index < -0.39 is 0 Å². The van der Waals surface area contributed by atoms with Crippen LogP contribution < -0.4 is 5.32 Å². The molecule has 0 radical (unpaired) electrons. The van der Waals surface area contributed by atoms with Crippen molar-refractivity contribution in [2.45, 2.75) is 17.9 Å². The Labute approximate surface area is 163 Å². The highest BCUT2D eigenvalue weighted by molar-refractivity contribution is 7.98. The molecule has 1 N–H and O–H groups in total. The molecule has 27 heavy (non-hydrogen) atoms. The second-order valence-corrected chi connectivity index (χ2v) is 7.75. The molecule has 1 aromatic carbocycles. The van der Waals surface area contributed by atoms with Gasteiger partial charge in [-0.2, -0.15) is 0 Å². The quantitative estimate of drug-likeness (QED) is 0.814. The number of anilines is 1. The van der Waals surface area contributed by atoms with Crippen LogP contribution in [-0.2, 0) is 0 Å². The molecular weight excluding hydrogens is 360 g/mol. The molecule has 1 atom stereocenters. The van der Waals surface area contributed by atoms with Crippen LogP contribution in [0.1, 0.15) is 6.92 Å². The molecule has 8 heteroatoms. The van der Waals surface area contributed by atoms with Crippen LogP contribution in [0.4, 0.5) is 10.5 Å². The van der Waals surface area contributed by atoms with Gasteiger partial charge in [0.1, 0.15) is 11.7 Å². The van der Waals surface area contributed by atoms with E-state index in [4.69, 9.17) is 0 Å². The number of urea groups is 1. The molecule has 3 heterocycles. The van der Waals surface area contributed by atoms with Gasteiger partial charge in [0.25, 0.3) is 0 Å². The normalized spacial score (nSPS) is 21.7. The first-order valence-corrected chi connectivity index (χ1v) is 10.4. The van der Waals surface area contributed by atoms with Gasteiger partial charge in [0, 0.05) is 49.4 Å². The molecule has 1 aromatic rings. The number of nitrogens with one attached hydrogen (secondary N) is 1. The number of benzene rings is 1. The standard InChI is InChI=1S/C19H24N6OS/c1-14-12-25-13-20-17(11-18(25)21-14)23-7-9-24(10-8-23)19(26)22-15-3-5-16(27-2)6-4-15/h3-6,11,13-14H,7-10,12H2,1-2H3,(H,22,26). The number of fused-ring (bicyclic) bond motifs is 1. The van der Waals surface area contributed by atoms with Gasteiger partial charge in [-0.05, 0) is 37.4 Å². The van der Waals surface area contributed by atoms with Crippen molar-refractivity contribution in [3.05, 3.63) is 36.2 Å². The van der Waals surface area contributed by atoms with Crippen LogP contribution in [0.25, 0.3) is 0 Å². The van der Waals surface area contributed by atoms with Crippen LogP contribution in [0.3, 0.4) is 0 Å². The first-order chi connectivity index (χ1) is 13.1. The first kappa shape index (κ1) is 17.9. The van der Waals surface area contributed by atoms with Gasteiger partial charge in [0.05, 0.1) is 12.4 Å². The van der Waals surface area contributed by atoms with Gasteiger partial charge in [-0.25, -0.2) is 9.79 Å². The van der Waals surface area contributed by atoms with Crippen LogP contribution in [0.15, 0.2) is 51.0 Å². The Bertz CT molecular complexity index is 795. The SMILES string of the molecule is CSc1ccc(NC(=O)N2CCN(C3=CC4=NC(C)CN4C=N3)CC2)cc1. The van der Waals surface area contributed by atoms with Crippen molar-refractivity contribution >= 4 is 35.7 Å². The second kappa shape index (κ2) is 7.64. The van der Waals surface area contributed by atoms with E-state index in [2.05, 4.69) is 32.0 Å². The predicted molar refractivity (Wildman–Crippen MR) is 111 cm³/mol. The summed E-state index contributed by atoms with van der Waals surface area (Å²) in [6, 6.07) is 8.18. The number of hydrogen-bond acceptors (Lipinski definition) is 6. The van der Waals surface area contributed by atoms with Crippen molar-refractivity contribution in [2.24, 2.45) is 9.98 Å². The van der Waals surface area contributed by atoms with Crippen LogP contribution in [0.5, 0.6) is 0 Å². The molecule has 7 nitrogen and oxygen atoms in total. The summed E-state index contributed by atoms with van der Waals surface area (Å²) in [4.78, 5) is 29.1. The minimum Gasteiger partial charge on any atom is -0.353 e. The van der Waals surface area contributed by atoms with Crippen molar-refractivity contribution in [2.75, 3.05) is 44.3 Å². The van der Waals surface area contributed by atoms with Crippen molar-refractivity contribution in [1.82, 2.24) is 14.7 Å². The number of piperazine rings is 1. The van der Waals surface area contributed by atoms with E-state index in [9.17, 15) is 4.79 Å². The third-order valence-corrected chi connectivity index (χ3v) is 5.67. The van der Waals surface area contributed by atoms with E-state index in [1.165, 1.54) is 4.90 Å². The van der Waals surface area contributed by atoms with Gasteiger partial charge in [-0.3, -0.25) is 4.99 Å². The highest BCUT2D eigenvalue weighted by Gasteiger charge is 2.27. The smallest absolute Gasteiger partial charge is 0.321 e. The molecule has 0 spiro atoms. The van der Waals surface area contributed by atoms with E-state index in [1.54, 1.807) is 11.8 Å². The third-order valence-electron chi connectivity index (χ3n) is 4.93. The zero-order valence-corrected chi connectivity index (χ0v) is 16.4. The van der Waals surface area contributed by atoms with Gasteiger partial charge in [-0.15, -0.1) is 11.8 Å². The van der Waals surface area contributed by atoms with E-state index in [-0.39, 0.29) is 6.03 Å². The molecule has 2 amide bonds. The Balaban J connectivity index is 1.32. The summed E-state index contributed by atoms with van der Waals surface area (Å²) in [5.74, 6) is 1.92. The lowest BCUT2D eigenvalue weighted by Gasteiger charge is -2.36. The minimum atomic E-state index is -0.0483. The van der Waals surface area contributed by atoms with Crippen LogP contribution >= 0.6 is 11.8 Å². The Morgan fingerprint density at radius 3 is 2.63 bits per heavy atom. The molecule has 0 aliphatic carbocycles. The number of aliphatic imine (C=N–C) groups is 2. The number of carbonyl (C=O) groups is 1. The fourth-order valence-corrected chi connectivity index (χ4v) is 3.82. The molecule has 1 unspecified atom stereocenters. The summed E-state index contributed by atoms with van der Waals surface area (Å²) < 4.78 is 0. The third kappa shape index (κ3) is 3.95. The number of hydrogen-bond donors (Lipinski definition) is 1. The zero-order valence-electron chi connectivity index (χ0n) is 15.6. The monoisotopic (exact) mass is 384 g/mol. The second-order valence-electron chi connectivity index (χ2n) is 6.87. The number of nitrogens with zero attached hydrogens (tertiary/aromatic N) is 5. The Morgan fingerprint density at radius 1 is 1.19 bits per heavy atom. The van der Waals surface area contributed by atoms with Crippen molar-refractivity contribution < 1.29 is 4.79 Å². The average Bonchev–Trinajstić information content (AvgIpc) is 3.08. The van der Waals surface area contributed by atoms with Gasteiger partial charge < -0.3 is 20.0 Å². The number of thioether (sulfide) groups is 1. The largest absolute Gasteiger partial charge is 0.353 e. The van der Waals surface area contributed by atoms with Gasteiger partial charge in [-0.1, -0.05) is 0 Å². The van der Waals surface area contributed by atoms with E-state index in [0.29, 0.717) is 19.1 Å². The molecule has 3 aliphatic heterocycles. The summed E-state index contributed by atoms with van der Waals surface area (Å²) >= 11 is 1.69. The maximum atomic E-state index is 12.5. The number of carbonyl (C=O) groups excluding carboxylic acids is 1. The van der Waals surface area contributed by atoms with Crippen LogP contribution in [0.2, 0.25) is 0 Å². The number of amidine groups is 1. The Hall–Kier alpha value is -2.48. The molecule has 0 aromatic heterocycles. The fourth-order valence-electron chi connectivity index (χ4n) is 3.42. The van der Waals surface area contributed by atoms with Gasteiger partial charge in [0.15, 0.2) is 0 Å². The molecule has 0 bridgehead atoms. The molecule has 3 aliphatic rings. The maximum Gasteiger partial charge on any atom is 0.321 e. The summed E-state index contributed by atoms with van der Waals surface area (Å²) in [6.45, 7) is 5.89. The number of amides is 2. The lowest BCUT2D eigenvalue weighted by Crippen LogP contribution is -2.49. The zero-order chi connectivity index (χ0) is 18.8. The summed E-state index contributed by atoms with van der Waals surface area (Å²) in [6.07, 6.45) is 5.96. The molecular formula is C19H24N6OS. The van der Waals surface area contributed by atoms with Crippen LogP contribution in [-0.4, -0.2) is 77.9 Å². The lowest BCUT2D eigenvalue weighted by atomic mass is 10.3. The van der Waals surface area contributed by atoms with Crippen molar-refractivity contribution in [1.29, 1.82) is 0 Å². The Kier molecular flexibility index (Phi) is 5.07. The van der Waals surface area contributed by atoms with Gasteiger partial charge >= 0.3 is 6.03 Å². The molecule has 0 saturated carbocycles. The molecule has 4 rings (SSSR count). The first-order valence-electron chi connectivity index (χ1n) is 9.17.